The Hall–Kier alpha value is -1.27. The zero-order valence-electron chi connectivity index (χ0n) is 11.7. The van der Waals surface area contributed by atoms with Crippen molar-refractivity contribution in [2.75, 3.05) is 26.2 Å². The minimum atomic E-state index is -4.69. The van der Waals surface area contributed by atoms with Gasteiger partial charge < -0.3 is 10.4 Å². The Morgan fingerprint density at radius 3 is 2.26 bits per heavy atom. The molecule has 1 fully saturated rings. The lowest BCUT2D eigenvalue weighted by atomic mass is 10.00. The Balaban J connectivity index is 0.00000242. The molecule has 1 atom stereocenters. The summed E-state index contributed by atoms with van der Waals surface area (Å²) >= 11 is 0. The van der Waals surface area contributed by atoms with E-state index in [1.165, 1.54) is 0 Å². The van der Waals surface area contributed by atoms with E-state index in [0.29, 0.717) is 19.2 Å². The Labute approximate surface area is 142 Å². The summed E-state index contributed by atoms with van der Waals surface area (Å²) in [5.74, 6) is -2.29. The molecule has 2 rings (SSSR count). The third-order valence-electron chi connectivity index (χ3n) is 3.34. The molecule has 0 aliphatic carbocycles. The van der Waals surface area contributed by atoms with Gasteiger partial charge in [0, 0.05) is 31.7 Å². The number of nitriles is 1. The van der Waals surface area contributed by atoms with Crippen molar-refractivity contribution in [1.29, 1.82) is 5.26 Å². The van der Waals surface area contributed by atoms with Crippen LogP contribution in [0.3, 0.4) is 0 Å². The van der Waals surface area contributed by atoms with Crippen molar-refractivity contribution in [3.05, 3.63) is 29.1 Å². The van der Waals surface area contributed by atoms with Gasteiger partial charge in [0.25, 0.3) is 0 Å². The quantitative estimate of drug-likeness (QED) is 0.780. The van der Waals surface area contributed by atoms with Gasteiger partial charge >= 0.3 is 6.18 Å². The van der Waals surface area contributed by atoms with Gasteiger partial charge in [0.05, 0.1) is 11.6 Å². The number of nitrogens with one attached hydrogen (secondary N) is 1. The molecule has 130 valence electrons. The van der Waals surface area contributed by atoms with Gasteiger partial charge in [-0.25, -0.2) is 4.39 Å². The lowest BCUT2D eigenvalue weighted by Gasteiger charge is -2.36. The molecule has 1 aromatic rings. The van der Waals surface area contributed by atoms with E-state index in [0.717, 1.165) is 11.0 Å². The van der Waals surface area contributed by atoms with Gasteiger partial charge in [-0.2, -0.15) is 18.4 Å². The summed E-state index contributed by atoms with van der Waals surface area (Å²) in [4.78, 5) is 1.12. The lowest BCUT2D eigenvalue weighted by molar-refractivity contribution is -0.188. The number of nitrogens with zero attached hydrogens (tertiary/aromatic N) is 2. The molecule has 1 aliphatic heterocycles. The highest BCUT2D eigenvalue weighted by Crippen LogP contribution is 2.42. The fourth-order valence-corrected chi connectivity index (χ4v) is 2.41. The van der Waals surface area contributed by atoms with Crippen molar-refractivity contribution >= 4 is 24.8 Å². The van der Waals surface area contributed by atoms with Gasteiger partial charge in [0.1, 0.15) is 6.04 Å². The lowest BCUT2D eigenvalue weighted by Crippen LogP contribution is -2.49. The van der Waals surface area contributed by atoms with Crippen LogP contribution in [0.4, 0.5) is 17.6 Å². The Kier molecular flexibility index (Phi) is 8.07. The van der Waals surface area contributed by atoms with Gasteiger partial charge in [0.15, 0.2) is 11.6 Å². The number of phenolic OH excluding ortho intramolecular Hbond substituents is 1. The summed E-state index contributed by atoms with van der Waals surface area (Å²) in [6, 6.07) is 1.06. The molecule has 10 heteroatoms. The number of piperazine rings is 1. The van der Waals surface area contributed by atoms with Crippen LogP contribution in [0.5, 0.6) is 5.75 Å². The highest BCUT2D eigenvalue weighted by atomic mass is 35.5. The zero-order valence-corrected chi connectivity index (χ0v) is 13.4. The molecule has 0 spiro atoms. The first-order valence-electron chi connectivity index (χ1n) is 6.28. The maximum absolute atomic E-state index is 13.5. The zero-order chi connectivity index (χ0) is 15.6. The third-order valence-corrected chi connectivity index (χ3v) is 3.34. The average Bonchev–Trinajstić information content (AvgIpc) is 2.43. The second-order valence-corrected chi connectivity index (χ2v) is 4.74. The van der Waals surface area contributed by atoms with Gasteiger partial charge in [0.2, 0.25) is 0 Å². The van der Waals surface area contributed by atoms with E-state index in [2.05, 4.69) is 5.32 Å². The molecule has 23 heavy (non-hydrogen) atoms. The molecule has 0 bridgehead atoms. The Morgan fingerprint density at radius 1 is 1.22 bits per heavy atom. The summed E-state index contributed by atoms with van der Waals surface area (Å²) in [5.41, 5.74) is -0.884. The van der Waals surface area contributed by atoms with Crippen molar-refractivity contribution in [2.24, 2.45) is 0 Å². The average molecular weight is 376 g/mol. The van der Waals surface area contributed by atoms with Crippen LogP contribution in [0.1, 0.15) is 17.2 Å². The van der Waals surface area contributed by atoms with E-state index in [-0.39, 0.29) is 43.5 Å². The van der Waals surface area contributed by atoms with Crippen molar-refractivity contribution in [2.45, 2.75) is 12.2 Å². The SMILES string of the molecule is Cl.Cl.N#Cc1cc(F)c(O)c([C@H](N2CCNCC2)C(F)(F)F)c1. The number of hydrogen-bond donors (Lipinski definition) is 2. The van der Waals surface area contributed by atoms with Gasteiger partial charge in [-0.15, -0.1) is 24.8 Å². The van der Waals surface area contributed by atoms with Crippen LogP contribution in [0.25, 0.3) is 0 Å². The minimum Gasteiger partial charge on any atom is -0.505 e. The van der Waals surface area contributed by atoms with Crippen LogP contribution < -0.4 is 5.32 Å². The summed E-state index contributed by atoms with van der Waals surface area (Å²) in [6.07, 6.45) is -4.69. The normalized spacial score (nSPS) is 16.7. The molecule has 1 saturated heterocycles. The number of phenols is 1. The molecule has 0 aromatic heterocycles. The number of aromatic hydroxyl groups is 1. The Morgan fingerprint density at radius 2 is 1.78 bits per heavy atom. The number of hydrogen-bond acceptors (Lipinski definition) is 4. The van der Waals surface area contributed by atoms with E-state index in [4.69, 9.17) is 5.26 Å². The molecule has 2 N–H and O–H groups in total. The topological polar surface area (TPSA) is 59.3 Å². The van der Waals surface area contributed by atoms with Crippen LogP contribution in [0.2, 0.25) is 0 Å². The highest BCUT2D eigenvalue weighted by molar-refractivity contribution is 5.85. The van der Waals surface area contributed by atoms with Crippen molar-refractivity contribution in [1.82, 2.24) is 10.2 Å². The van der Waals surface area contributed by atoms with Crippen molar-refractivity contribution in [3.8, 4) is 11.8 Å². The number of halogens is 6. The second-order valence-electron chi connectivity index (χ2n) is 4.74. The van der Waals surface area contributed by atoms with Crippen LogP contribution in [0.15, 0.2) is 12.1 Å². The standard InChI is InChI=1S/C13H13F4N3O.2ClH/c14-10-6-8(7-18)5-9(11(10)21)12(13(15,16)17)20-3-1-19-2-4-20;;/h5-6,12,19,21H,1-4H2;2*1H/t12-;;/m0../s1. The second kappa shape index (κ2) is 8.55. The highest BCUT2D eigenvalue weighted by Gasteiger charge is 2.46. The van der Waals surface area contributed by atoms with E-state index in [9.17, 15) is 22.7 Å². The first kappa shape index (κ1) is 21.7. The van der Waals surface area contributed by atoms with Crippen LogP contribution in [-0.4, -0.2) is 42.4 Å². The first-order valence-corrected chi connectivity index (χ1v) is 6.28. The smallest absolute Gasteiger partial charge is 0.408 e. The van der Waals surface area contributed by atoms with Crippen LogP contribution >= 0.6 is 24.8 Å². The summed E-state index contributed by atoms with van der Waals surface area (Å²) in [5, 5.41) is 21.3. The van der Waals surface area contributed by atoms with Crippen LogP contribution in [-0.2, 0) is 0 Å². The summed E-state index contributed by atoms with van der Waals surface area (Å²) in [6.45, 7) is 0.964. The molecule has 0 radical (unpaired) electrons. The van der Waals surface area contributed by atoms with Crippen molar-refractivity contribution in [3.63, 3.8) is 0 Å². The predicted octanol–water partition coefficient (Wildman–Crippen LogP) is 2.76. The van der Waals surface area contributed by atoms with Gasteiger partial charge in [-0.1, -0.05) is 0 Å². The van der Waals surface area contributed by atoms with Gasteiger partial charge in [-0.3, -0.25) is 4.90 Å². The van der Waals surface area contributed by atoms with Crippen LogP contribution in [0, 0.1) is 17.1 Å². The maximum Gasteiger partial charge on any atom is 0.408 e. The fourth-order valence-electron chi connectivity index (χ4n) is 2.41. The van der Waals surface area contributed by atoms with E-state index in [1.54, 1.807) is 6.07 Å². The maximum atomic E-state index is 13.5. The van der Waals surface area contributed by atoms with Gasteiger partial charge in [-0.05, 0) is 12.1 Å². The molecule has 1 aromatic carbocycles. The van der Waals surface area contributed by atoms with E-state index in [1.807, 2.05) is 0 Å². The summed E-state index contributed by atoms with van der Waals surface area (Å²) in [7, 11) is 0. The Bertz CT molecular complexity index is 572. The predicted molar refractivity (Wildman–Crippen MR) is 80.5 cm³/mol. The molecular formula is C13H15Cl2F4N3O. The molecule has 1 aliphatic rings. The molecular weight excluding hydrogens is 361 g/mol. The molecule has 1 heterocycles. The van der Waals surface area contributed by atoms with Crippen molar-refractivity contribution < 1.29 is 22.7 Å². The molecule has 0 amide bonds. The third kappa shape index (κ3) is 4.85. The largest absolute Gasteiger partial charge is 0.505 e. The monoisotopic (exact) mass is 375 g/mol. The minimum absolute atomic E-state index is 0. The fraction of sp³-hybridized carbons (Fsp3) is 0.462. The number of benzene rings is 1. The van der Waals surface area contributed by atoms with E-state index >= 15 is 0 Å². The first-order chi connectivity index (χ1) is 9.84. The summed E-state index contributed by atoms with van der Waals surface area (Å²) < 4.78 is 53.6. The van der Waals surface area contributed by atoms with E-state index < -0.39 is 29.3 Å². The molecule has 0 unspecified atom stereocenters. The number of rotatable bonds is 2. The molecule has 0 saturated carbocycles. The molecule has 4 nitrogen and oxygen atoms in total. The number of alkyl halides is 3.